The summed E-state index contributed by atoms with van der Waals surface area (Å²) < 4.78 is 30.9. The number of carbonyl (C=O) groups is 1. The molecule has 6 nitrogen and oxygen atoms in total. The molecule has 1 N–H and O–H groups in total. The fourth-order valence-electron chi connectivity index (χ4n) is 4.31. The number of hydrogen-bond acceptors (Lipinski definition) is 4. The zero-order chi connectivity index (χ0) is 21.2. The Morgan fingerprint density at radius 1 is 1.31 bits per heavy atom. The second-order valence-electron chi connectivity index (χ2n) is 8.49. The Balaban J connectivity index is 1.75. The molecule has 1 aliphatic heterocycles. The third kappa shape index (κ3) is 5.39. The molecule has 1 amide bonds. The minimum Gasteiger partial charge on any atom is -0.464 e. The van der Waals surface area contributed by atoms with E-state index < -0.39 is 10.0 Å². The Morgan fingerprint density at radius 2 is 2.07 bits per heavy atom. The number of piperidine rings is 1. The third-order valence-electron chi connectivity index (χ3n) is 5.80. The van der Waals surface area contributed by atoms with Crippen LogP contribution in [0.25, 0.3) is 11.0 Å². The average Bonchev–Trinajstić information content (AvgIpc) is 3.01. The van der Waals surface area contributed by atoms with Crippen molar-refractivity contribution in [3.63, 3.8) is 0 Å². The minimum absolute atomic E-state index is 0.0807. The van der Waals surface area contributed by atoms with Gasteiger partial charge >= 0.3 is 0 Å². The van der Waals surface area contributed by atoms with Crippen LogP contribution in [0.5, 0.6) is 0 Å². The summed E-state index contributed by atoms with van der Waals surface area (Å²) in [5.74, 6) is 0.495. The van der Waals surface area contributed by atoms with Crippen molar-refractivity contribution in [3.05, 3.63) is 35.1 Å². The van der Waals surface area contributed by atoms with Crippen LogP contribution in [0.2, 0.25) is 0 Å². The molecule has 1 fully saturated rings. The number of rotatable bonds is 7. The molecule has 1 aromatic heterocycles. The van der Waals surface area contributed by atoms with Crippen molar-refractivity contribution in [3.8, 4) is 0 Å². The first-order valence-corrected chi connectivity index (χ1v) is 12.3. The largest absolute Gasteiger partial charge is 0.464 e. The monoisotopic (exact) mass is 420 g/mol. The van der Waals surface area contributed by atoms with Crippen LogP contribution in [0.4, 0.5) is 0 Å². The van der Waals surface area contributed by atoms with E-state index in [4.69, 9.17) is 4.42 Å². The van der Waals surface area contributed by atoms with Gasteiger partial charge in [0.05, 0.1) is 18.9 Å². The van der Waals surface area contributed by atoms with E-state index in [0.717, 1.165) is 48.6 Å². The van der Waals surface area contributed by atoms with E-state index in [1.807, 2.05) is 4.90 Å². The Kier molecular flexibility index (Phi) is 6.69. The van der Waals surface area contributed by atoms with E-state index in [9.17, 15) is 13.2 Å². The number of nitrogens with zero attached hydrogens (tertiary/aromatic N) is 1. The van der Waals surface area contributed by atoms with Crippen LogP contribution in [-0.4, -0.2) is 44.6 Å². The quantitative estimate of drug-likeness (QED) is 0.740. The molecule has 29 heavy (non-hydrogen) atoms. The van der Waals surface area contributed by atoms with E-state index in [0.29, 0.717) is 25.3 Å². The van der Waals surface area contributed by atoms with E-state index >= 15 is 0 Å². The summed E-state index contributed by atoms with van der Waals surface area (Å²) in [4.78, 5) is 15.0. The maximum absolute atomic E-state index is 13.1. The van der Waals surface area contributed by atoms with Crippen molar-refractivity contribution < 1.29 is 17.6 Å². The fraction of sp³-hybridized carbons (Fsp3) is 0.591. The molecular formula is C22H32N2O4S. The van der Waals surface area contributed by atoms with Gasteiger partial charge in [0, 0.05) is 30.1 Å². The molecule has 1 aliphatic rings. The second kappa shape index (κ2) is 8.88. The van der Waals surface area contributed by atoms with Gasteiger partial charge in [-0.2, -0.15) is 0 Å². The number of hydrogen-bond donors (Lipinski definition) is 1. The van der Waals surface area contributed by atoms with Crippen LogP contribution in [0.15, 0.2) is 22.8 Å². The standard InChI is InChI=1S/C22H32N2O4S/c1-15(2)19-13-20-17(14-28-21(20)11-16(19)3)12-22(25)24-10-6-5-7-18(24)8-9-23-29(4,26)27/h11,13-15,18,23H,5-10,12H2,1-4H3/t18-/m0/s1. The molecule has 0 bridgehead atoms. The van der Waals surface area contributed by atoms with Crippen LogP contribution in [0.3, 0.4) is 0 Å². The average molecular weight is 421 g/mol. The molecule has 0 spiro atoms. The summed E-state index contributed by atoms with van der Waals surface area (Å²) in [5, 5.41) is 1.01. The highest BCUT2D eigenvalue weighted by molar-refractivity contribution is 7.88. The minimum atomic E-state index is -3.21. The normalized spacial score (nSPS) is 18.0. The molecule has 3 rings (SSSR count). The fourth-order valence-corrected chi connectivity index (χ4v) is 4.80. The number of fused-ring (bicyclic) bond motifs is 1. The van der Waals surface area contributed by atoms with Gasteiger partial charge in [-0.3, -0.25) is 4.79 Å². The number of sulfonamides is 1. The van der Waals surface area contributed by atoms with Gasteiger partial charge in [0.25, 0.3) is 0 Å². The summed E-state index contributed by atoms with van der Waals surface area (Å²) in [6.07, 6.45) is 6.79. The van der Waals surface area contributed by atoms with Gasteiger partial charge in [0.2, 0.25) is 15.9 Å². The van der Waals surface area contributed by atoms with Crippen LogP contribution in [0, 0.1) is 6.92 Å². The van der Waals surface area contributed by atoms with Crippen molar-refractivity contribution in [1.29, 1.82) is 0 Å². The van der Waals surface area contributed by atoms with E-state index in [1.165, 1.54) is 11.1 Å². The highest BCUT2D eigenvalue weighted by Gasteiger charge is 2.27. The summed E-state index contributed by atoms with van der Waals surface area (Å²) in [6, 6.07) is 4.29. The van der Waals surface area contributed by atoms with E-state index in [2.05, 4.69) is 37.6 Å². The number of aryl methyl sites for hydroxylation is 1. The van der Waals surface area contributed by atoms with Gasteiger partial charge in [-0.05, 0) is 61.8 Å². The summed E-state index contributed by atoms with van der Waals surface area (Å²) in [6.45, 7) is 7.52. The lowest BCUT2D eigenvalue weighted by atomic mass is 9.94. The highest BCUT2D eigenvalue weighted by Crippen LogP contribution is 2.30. The van der Waals surface area contributed by atoms with Gasteiger partial charge in [-0.15, -0.1) is 0 Å². The van der Waals surface area contributed by atoms with Gasteiger partial charge in [0.1, 0.15) is 5.58 Å². The maximum atomic E-state index is 13.1. The predicted octanol–water partition coefficient (Wildman–Crippen LogP) is 3.73. The van der Waals surface area contributed by atoms with Crippen molar-refractivity contribution in [1.82, 2.24) is 9.62 Å². The predicted molar refractivity (Wildman–Crippen MR) is 116 cm³/mol. The van der Waals surface area contributed by atoms with Crippen LogP contribution in [0.1, 0.15) is 62.1 Å². The zero-order valence-corrected chi connectivity index (χ0v) is 18.6. The van der Waals surface area contributed by atoms with Crippen molar-refractivity contribution in [2.45, 2.75) is 64.8 Å². The summed E-state index contributed by atoms with van der Waals surface area (Å²) >= 11 is 0. The number of likely N-dealkylation sites (tertiary alicyclic amines) is 1. The van der Waals surface area contributed by atoms with Crippen LogP contribution >= 0.6 is 0 Å². The highest BCUT2D eigenvalue weighted by atomic mass is 32.2. The molecule has 0 radical (unpaired) electrons. The van der Waals surface area contributed by atoms with Crippen LogP contribution in [-0.2, 0) is 21.2 Å². The molecule has 1 atom stereocenters. The Hall–Kier alpha value is -1.86. The smallest absolute Gasteiger partial charge is 0.227 e. The molecule has 2 aromatic rings. The van der Waals surface area contributed by atoms with Gasteiger partial charge in [-0.1, -0.05) is 13.8 Å². The first-order valence-electron chi connectivity index (χ1n) is 10.4. The second-order valence-corrected chi connectivity index (χ2v) is 10.3. The molecule has 2 heterocycles. The van der Waals surface area contributed by atoms with E-state index in [-0.39, 0.29) is 11.9 Å². The Labute approximate surface area is 173 Å². The maximum Gasteiger partial charge on any atom is 0.227 e. The number of furan rings is 1. The first kappa shape index (κ1) is 21.8. The molecule has 0 unspecified atom stereocenters. The Morgan fingerprint density at radius 3 is 2.76 bits per heavy atom. The summed E-state index contributed by atoms with van der Waals surface area (Å²) in [5.41, 5.74) is 4.22. The number of benzene rings is 1. The van der Waals surface area contributed by atoms with Gasteiger partial charge in [-0.25, -0.2) is 13.1 Å². The molecule has 7 heteroatoms. The summed E-state index contributed by atoms with van der Waals surface area (Å²) in [7, 11) is -3.21. The van der Waals surface area contributed by atoms with Crippen molar-refractivity contribution >= 4 is 26.9 Å². The third-order valence-corrected chi connectivity index (χ3v) is 6.52. The number of amides is 1. The van der Waals surface area contributed by atoms with Crippen molar-refractivity contribution in [2.75, 3.05) is 19.3 Å². The van der Waals surface area contributed by atoms with Crippen molar-refractivity contribution in [2.24, 2.45) is 0 Å². The lowest BCUT2D eigenvalue weighted by Crippen LogP contribution is -2.45. The first-order chi connectivity index (χ1) is 13.7. The molecule has 0 saturated carbocycles. The zero-order valence-electron chi connectivity index (χ0n) is 17.8. The van der Waals surface area contributed by atoms with Crippen LogP contribution < -0.4 is 4.72 Å². The van der Waals surface area contributed by atoms with Gasteiger partial charge < -0.3 is 9.32 Å². The Bertz CT molecular complexity index is 978. The molecule has 0 aliphatic carbocycles. The molecule has 1 saturated heterocycles. The molecular weight excluding hydrogens is 388 g/mol. The number of carbonyl (C=O) groups excluding carboxylic acids is 1. The molecule has 160 valence electrons. The lowest BCUT2D eigenvalue weighted by molar-refractivity contribution is -0.134. The number of nitrogens with one attached hydrogen (secondary N) is 1. The SMILES string of the molecule is Cc1cc2occ(CC(=O)N3CCCC[C@H]3CCNS(C)(=O)=O)c2cc1C(C)C. The van der Waals surface area contributed by atoms with E-state index in [1.54, 1.807) is 6.26 Å². The lowest BCUT2D eigenvalue weighted by Gasteiger charge is -2.36. The van der Waals surface area contributed by atoms with Gasteiger partial charge in [0.15, 0.2) is 0 Å². The molecule has 1 aromatic carbocycles. The topological polar surface area (TPSA) is 79.6 Å².